The molecule has 0 aromatic heterocycles. The van der Waals surface area contributed by atoms with E-state index in [1.165, 1.54) is 12.1 Å². The summed E-state index contributed by atoms with van der Waals surface area (Å²) in [6.45, 7) is 0.552. The molecule has 1 atom stereocenters. The molecule has 142 valence electrons. The number of alkyl halides is 4. The number of fused-ring (bicyclic) bond motifs is 3. The lowest BCUT2D eigenvalue weighted by Crippen LogP contribution is -2.47. The number of hydrogen-bond acceptors (Lipinski definition) is 2. The van der Waals surface area contributed by atoms with E-state index in [2.05, 4.69) is 4.74 Å². The third-order valence-corrected chi connectivity index (χ3v) is 4.23. The summed E-state index contributed by atoms with van der Waals surface area (Å²) in [4.78, 5) is 11.7. The van der Waals surface area contributed by atoms with E-state index in [1.807, 2.05) is 0 Å². The van der Waals surface area contributed by atoms with Crippen molar-refractivity contribution in [3.63, 3.8) is 0 Å². The van der Waals surface area contributed by atoms with E-state index in [-0.39, 0.29) is 5.39 Å². The first-order chi connectivity index (χ1) is 12.6. The van der Waals surface area contributed by atoms with Crippen LogP contribution in [-0.4, -0.2) is 18.8 Å². The lowest BCUT2D eigenvalue weighted by molar-refractivity contribution is -0.244. The SMILES string of the molecule is CCOC(=O)C(F)(c1c(F)cc2c(ccc3ccccc32)c1F)C(F)(F)F. The molecule has 3 rings (SSSR count). The maximum atomic E-state index is 14.9. The van der Waals surface area contributed by atoms with Gasteiger partial charge in [0.1, 0.15) is 11.6 Å². The maximum absolute atomic E-state index is 14.9. The van der Waals surface area contributed by atoms with E-state index < -0.39 is 47.0 Å². The van der Waals surface area contributed by atoms with Gasteiger partial charge >= 0.3 is 17.8 Å². The van der Waals surface area contributed by atoms with Crippen LogP contribution in [0.3, 0.4) is 0 Å². The van der Waals surface area contributed by atoms with Crippen molar-refractivity contribution in [2.24, 2.45) is 0 Å². The molecule has 0 saturated carbocycles. The third-order valence-electron chi connectivity index (χ3n) is 4.23. The van der Waals surface area contributed by atoms with E-state index in [1.54, 1.807) is 18.2 Å². The van der Waals surface area contributed by atoms with Gasteiger partial charge in [-0.25, -0.2) is 18.0 Å². The molecule has 3 aromatic carbocycles. The number of ether oxygens (including phenoxy) is 1. The monoisotopic (exact) mass is 386 g/mol. The molecule has 27 heavy (non-hydrogen) atoms. The average Bonchev–Trinajstić information content (AvgIpc) is 2.60. The summed E-state index contributed by atoms with van der Waals surface area (Å²) < 4.78 is 88.6. The standard InChI is InChI=1S/C19H12F6O2/c1-2-27-17(26)18(22,19(23,24)25)15-14(20)9-13-11-6-4-3-5-10(11)7-8-12(13)16(15)21/h3-9H,2H2,1H3. The molecule has 0 saturated heterocycles. The number of benzene rings is 3. The van der Waals surface area contributed by atoms with Crippen LogP contribution in [0.25, 0.3) is 21.5 Å². The Morgan fingerprint density at radius 2 is 1.63 bits per heavy atom. The molecule has 0 aliphatic carbocycles. The van der Waals surface area contributed by atoms with E-state index in [4.69, 9.17) is 0 Å². The molecule has 0 bridgehead atoms. The second-order valence-corrected chi connectivity index (χ2v) is 5.81. The van der Waals surface area contributed by atoms with Crippen LogP contribution in [-0.2, 0) is 15.2 Å². The molecule has 1 unspecified atom stereocenters. The van der Waals surface area contributed by atoms with E-state index in [0.717, 1.165) is 13.0 Å². The van der Waals surface area contributed by atoms with E-state index >= 15 is 0 Å². The summed E-state index contributed by atoms with van der Waals surface area (Å²) in [6.07, 6.45) is -5.93. The number of esters is 1. The second kappa shape index (κ2) is 6.44. The van der Waals surface area contributed by atoms with Crippen LogP contribution in [0.2, 0.25) is 0 Å². The molecule has 0 amide bonds. The highest BCUT2D eigenvalue weighted by Gasteiger charge is 2.66. The zero-order chi connectivity index (χ0) is 20.0. The van der Waals surface area contributed by atoms with Crippen molar-refractivity contribution in [2.75, 3.05) is 6.61 Å². The largest absolute Gasteiger partial charge is 0.463 e. The van der Waals surface area contributed by atoms with Crippen molar-refractivity contribution < 1.29 is 35.9 Å². The van der Waals surface area contributed by atoms with Crippen LogP contribution >= 0.6 is 0 Å². The Bertz CT molecular complexity index is 1040. The minimum absolute atomic E-state index is 0.0415. The molecule has 0 spiro atoms. The number of halogens is 6. The molecule has 8 heteroatoms. The highest BCUT2D eigenvalue weighted by Crippen LogP contribution is 2.47. The van der Waals surface area contributed by atoms with Crippen molar-refractivity contribution in [2.45, 2.75) is 18.8 Å². The Balaban J connectivity index is 2.40. The van der Waals surface area contributed by atoms with Crippen molar-refractivity contribution >= 4 is 27.5 Å². The van der Waals surface area contributed by atoms with Crippen molar-refractivity contribution in [1.29, 1.82) is 0 Å². The highest BCUT2D eigenvalue weighted by molar-refractivity contribution is 6.08. The lowest BCUT2D eigenvalue weighted by atomic mass is 9.90. The summed E-state index contributed by atoms with van der Waals surface area (Å²) in [5.41, 5.74) is -7.01. The second-order valence-electron chi connectivity index (χ2n) is 5.81. The Morgan fingerprint density at radius 3 is 2.26 bits per heavy atom. The van der Waals surface area contributed by atoms with Gasteiger partial charge in [0.2, 0.25) is 0 Å². The lowest BCUT2D eigenvalue weighted by Gasteiger charge is -2.27. The van der Waals surface area contributed by atoms with Gasteiger partial charge in [-0.05, 0) is 29.1 Å². The smallest absolute Gasteiger partial charge is 0.438 e. The minimum Gasteiger partial charge on any atom is -0.463 e. The summed E-state index contributed by atoms with van der Waals surface area (Å²) in [5.74, 6) is -6.05. The molecule has 0 fully saturated rings. The fraction of sp³-hybridized carbons (Fsp3) is 0.211. The number of rotatable bonds is 3. The zero-order valence-corrected chi connectivity index (χ0v) is 13.8. The maximum Gasteiger partial charge on any atom is 0.438 e. The predicted octanol–water partition coefficient (Wildman–Crippen LogP) is 5.56. The molecule has 2 nitrogen and oxygen atoms in total. The summed E-state index contributed by atoms with van der Waals surface area (Å²) in [5, 5.41) is 0.470. The van der Waals surface area contributed by atoms with Gasteiger partial charge in [-0.2, -0.15) is 13.2 Å². The zero-order valence-electron chi connectivity index (χ0n) is 13.8. The predicted molar refractivity (Wildman–Crippen MR) is 86.8 cm³/mol. The van der Waals surface area contributed by atoms with Gasteiger partial charge < -0.3 is 4.74 Å². The average molecular weight is 386 g/mol. The van der Waals surface area contributed by atoms with Crippen LogP contribution in [0, 0.1) is 11.6 Å². The number of carbonyl (C=O) groups excluding carboxylic acids is 1. The van der Waals surface area contributed by atoms with Gasteiger partial charge in [-0.15, -0.1) is 0 Å². The molecule has 0 aliphatic rings. The van der Waals surface area contributed by atoms with Gasteiger partial charge in [0.15, 0.2) is 0 Å². The van der Waals surface area contributed by atoms with Crippen molar-refractivity contribution in [1.82, 2.24) is 0 Å². The summed E-state index contributed by atoms with van der Waals surface area (Å²) in [7, 11) is 0. The third kappa shape index (κ3) is 2.79. The molecule has 0 N–H and O–H groups in total. The first-order valence-corrected chi connectivity index (χ1v) is 7.85. The van der Waals surface area contributed by atoms with E-state index in [9.17, 15) is 31.1 Å². The minimum atomic E-state index is -5.93. The van der Waals surface area contributed by atoms with Gasteiger partial charge in [-0.1, -0.05) is 36.4 Å². The van der Waals surface area contributed by atoms with Crippen LogP contribution in [0.1, 0.15) is 12.5 Å². The van der Waals surface area contributed by atoms with Gasteiger partial charge in [0, 0.05) is 5.39 Å². The van der Waals surface area contributed by atoms with Crippen molar-refractivity contribution in [3.8, 4) is 0 Å². The topological polar surface area (TPSA) is 26.3 Å². The highest BCUT2D eigenvalue weighted by atomic mass is 19.4. The van der Waals surface area contributed by atoms with Gasteiger partial charge in [0.05, 0.1) is 12.2 Å². The molecular formula is C19H12F6O2. The molecule has 3 aromatic rings. The number of carbonyl (C=O) groups is 1. The quantitative estimate of drug-likeness (QED) is 0.335. The van der Waals surface area contributed by atoms with Crippen LogP contribution in [0.15, 0.2) is 42.5 Å². The molecular weight excluding hydrogens is 374 g/mol. The summed E-state index contributed by atoms with van der Waals surface area (Å²) in [6, 6.07) is 9.53. The van der Waals surface area contributed by atoms with Gasteiger partial charge in [-0.3, -0.25) is 0 Å². The Hall–Kier alpha value is -2.77. The fourth-order valence-electron chi connectivity index (χ4n) is 2.99. The molecule has 0 heterocycles. The Kier molecular flexibility index (Phi) is 4.53. The first kappa shape index (κ1) is 19.0. The summed E-state index contributed by atoms with van der Waals surface area (Å²) >= 11 is 0. The van der Waals surface area contributed by atoms with Crippen LogP contribution in [0.4, 0.5) is 26.3 Å². The Labute approximate surface area is 149 Å². The molecule has 0 aliphatic heterocycles. The Morgan fingerprint density at radius 1 is 0.963 bits per heavy atom. The fourth-order valence-corrected chi connectivity index (χ4v) is 2.99. The van der Waals surface area contributed by atoms with Crippen LogP contribution < -0.4 is 0 Å². The number of hydrogen-bond donors (Lipinski definition) is 0. The first-order valence-electron chi connectivity index (χ1n) is 7.85. The normalized spacial score (nSPS) is 14.3. The molecule has 0 radical (unpaired) electrons. The van der Waals surface area contributed by atoms with Crippen LogP contribution in [0.5, 0.6) is 0 Å². The van der Waals surface area contributed by atoms with Gasteiger partial charge in [0.25, 0.3) is 0 Å². The van der Waals surface area contributed by atoms with E-state index in [0.29, 0.717) is 16.8 Å². The van der Waals surface area contributed by atoms with Crippen molar-refractivity contribution in [3.05, 3.63) is 59.7 Å².